The molecule has 0 saturated carbocycles. The number of anilines is 1. The molecule has 1 fully saturated rings. The predicted octanol–water partition coefficient (Wildman–Crippen LogP) is 1.19. The lowest BCUT2D eigenvalue weighted by Crippen LogP contribution is -2.47. The van der Waals surface area contributed by atoms with E-state index in [1.165, 1.54) is 6.07 Å². The van der Waals surface area contributed by atoms with E-state index >= 15 is 0 Å². The SMILES string of the molecule is CCOc1cc(N2CCOCC2CO)ccc1[N+](=O)[O-]. The average molecular weight is 282 g/mol. The summed E-state index contributed by atoms with van der Waals surface area (Å²) < 4.78 is 10.7. The van der Waals surface area contributed by atoms with Crippen molar-refractivity contribution in [3.05, 3.63) is 28.3 Å². The summed E-state index contributed by atoms with van der Waals surface area (Å²) in [7, 11) is 0. The number of nitrogens with zero attached hydrogens (tertiary/aromatic N) is 2. The Kier molecular flexibility index (Phi) is 4.75. The average Bonchev–Trinajstić information content (AvgIpc) is 2.47. The molecule has 20 heavy (non-hydrogen) atoms. The van der Waals surface area contributed by atoms with Crippen LogP contribution in [0, 0.1) is 10.1 Å². The lowest BCUT2D eigenvalue weighted by Gasteiger charge is -2.36. The minimum atomic E-state index is -0.461. The van der Waals surface area contributed by atoms with Crippen molar-refractivity contribution in [2.24, 2.45) is 0 Å². The number of morpholine rings is 1. The van der Waals surface area contributed by atoms with E-state index in [1.54, 1.807) is 19.1 Å². The van der Waals surface area contributed by atoms with Crippen LogP contribution < -0.4 is 9.64 Å². The van der Waals surface area contributed by atoms with Crippen LogP contribution in [0.5, 0.6) is 5.75 Å². The van der Waals surface area contributed by atoms with Crippen molar-refractivity contribution in [3.8, 4) is 5.75 Å². The number of ether oxygens (including phenoxy) is 2. The molecule has 1 aromatic rings. The van der Waals surface area contributed by atoms with Gasteiger partial charge in [-0.05, 0) is 13.0 Å². The number of benzene rings is 1. The quantitative estimate of drug-likeness (QED) is 0.645. The molecule has 0 spiro atoms. The highest BCUT2D eigenvalue weighted by Gasteiger charge is 2.25. The van der Waals surface area contributed by atoms with Crippen molar-refractivity contribution < 1.29 is 19.5 Å². The molecule has 0 bridgehead atoms. The number of nitro benzene ring substituents is 1. The Hall–Kier alpha value is -1.86. The first kappa shape index (κ1) is 14.5. The molecular weight excluding hydrogens is 264 g/mol. The first-order valence-electron chi connectivity index (χ1n) is 6.53. The number of aliphatic hydroxyl groups is 1. The lowest BCUT2D eigenvalue weighted by molar-refractivity contribution is -0.385. The van der Waals surface area contributed by atoms with Gasteiger partial charge in [0.15, 0.2) is 5.75 Å². The molecule has 2 rings (SSSR count). The van der Waals surface area contributed by atoms with Crippen LogP contribution in [0.15, 0.2) is 18.2 Å². The van der Waals surface area contributed by atoms with Gasteiger partial charge in [-0.1, -0.05) is 0 Å². The Bertz CT molecular complexity index is 480. The molecule has 0 radical (unpaired) electrons. The van der Waals surface area contributed by atoms with Crippen molar-refractivity contribution >= 4 is 11.4 Å². The summed E-state index contributed by atoms with van der Waals surface area (Å²) in [6, 6.07) is 4.62. The van der Waals surface area contributed by atoms with Crippen LogP contribution in [-0.2, 0) is 4.74 Å². The van der Waals surface area contributed by atoms with Gasteiger partial charge in [0.1, 0.15) is 0 Å². The molecule has 7 heteroatoms. The van der Waals surface area contributed by atoms with E-state index in [1.807, 2.05) is 4.90 Å². The zero-order valence-electron chi connectivity index (χ0n) is 11.3. The first-order chi connectivity index (χ1) is 9.67. The number of rotatable bonds is 5. The molecule has 1 heterocycles. The van der Waals surface area contributed by atoms with Gasteiger partial charge in [-0.15, -0.1) is 0 Å². The van der Waals surface area contributed by atoms with Crippen molar-refractivity contribution in [3.63, 3.8) is 0 Å². The van der Waals surface area contributed by atoms with Crippen LogP contribution in [0.2, 0.25) is 0 Å². The Morgan fingerprint density at radius 3 is 3.05 bits per heavy atom. The van der Waals surface area contributed by atoms with Gasteiger partial charge in [-0.3, -0.25) is 10.1 Å². The fourth-order valence-electron chi connectivity index (χ4n) is 2.25. The molecule has 7 nitrogen and oxygen atoms in total. The first-order valence-corrected chi connectivity index (χ1v) is 6.53. The molecule has 1 saturated heterocycles. The Balaban J connectivity index is 2.31. The van der Waals surface area contributed by atoms with Crippen LogP contribution in [-0.4, -0.2) is 49.0 Å². The van der Waals surface area contributed by atoms with Crippen LogP contribution in [0.25, 0.3) is 0 Å². The minimum absolute atomic E-state index is 0.0268. The Morgan fingerprint density at radius 2 is 2.40 bits per heavy atom. The predicted molar refractivity (Wildman–Crippen MR) is 73.3 cm³/mol. The summed E-state index contributed by atoms with van der Waals surface area (Å²) in [5.41, 5.74) is 0.741. The summed E-state index contributed by atoms with van der Waals surface area (Å²) >= 11 is 0. The molecule has 1 aliphatic rings. The summed E-state index contributed by atoms with van der Waals surface area (Å²) in [6.07, 6.45) is 0. The molecule has 0 aromatic heterocycles. The second-order valence-electron chi connectivity index (χ2n) is 4.45. The summed E-state index contributed by atoms with van der Waals surface area (Å²) in [4.78, 5) is 12.5. The van der Waals surface area contributed by atoms with Crippen molar-refractivity contribution in [2.45, 2.75) is 13.0 Å². The van der Waals surface area contributed by atoms with Crippen molar-refractivity contribution in [2.75, 3.05) is 37.9 Å². The van der Waals surface area contributed by atoms with Crippen LogP contribution >= 0.6 is 0 Å². The fraction of sp³-hybridized carbons (Fsp3) is 0.538. The molecule has 110 valence electrons. The summed E-state index contributed by atoms with van der Waals surface area (Å²) in [5.74, 6) is 0.248. The molecule has 1 aromatic carbocycles. The fourth-order valence-corrected chi connectivity index (χ4v) is 2.25. The van der Waals surface area contributed by atoms with E-state index in [0.717, 1.165) is 5.69 Å². The number of hydrogen-bond acceptors (Lipinski definition) is 6. The van der Waals surface area contributed by atoms with Crippen LogP contribution in [0.4, 0.5) is 11.4 Å². The normalized spacial score (nSPS) is 18.9. The van der Waals surface area contributed by atoms with Crippen LogP contribution in [0.3, 0.4) is 0 Å². The van der Waals surface area contributed by atoms with Crippen molar-refractivity contribution in [1.82, 2.24) is 0 Å². The Morgan fingerprint density at radius 1 is 1.60 bits per heavy atom. The van der Waals surface area contributed by atoms with Crippen LogP contribution in [0.1, 0.15) is 6.92 Å². The van der Waals surface area contributed by atoms with Crippen molar-refractivity contribution in [1.29, 1.82) is 0 Å². The van der Waals surface area contributed by atoms with Gasteiger partial charge >= 0.3 is 5.69 Å². The van der Waals surface area contributed by atoms with E-state index in [2.05, 4.69) is 0 Å². The van der Waals surface area contributed by atoms with Gasteiger partial charge in [-0.2, -0.15) is 0 Å². The largest absolute Gasteiger partial charge is 0.487 e. The number of aliphatic hydroxyl groups excluding tert-OH is 1. The van der Waals surface area contributed by atoms with E-state index in [9.17, 15) is 15.2 Å². The highest BCUT2D eigenvalue weighted by molar-refractivity contribution is 5.60. The standard InChI is InChI=1S/C13H18N2O5/c1-2-20-13-7-10(3-4-12(13)15(17)18)14-5-6-19-9-11(14)8-16/h3-4,7,11,16H,2,5-6,8-9H2,1H3. The third kappa shape index (κ3) is 3.00. The molecule has 1 aliphatic heterocycles. The van der Waals surface area contributed by atoms with E-state index in [4.69, 9.17) is 9.47 Å². The van der Waals surface area contributed by atoms with Gasteiger partial charge in [0.05, 0.1) is 37.4 Å². The maximum atomic E-state index is 11.0. The van der Waals surface area contributed by atoms with E-state index < -0.39 is 4.92 Å². The maximum absolute atomic E-state index is 11.0. The summed E-state index contributed by atoms with van der Waals surface area (Å²) in [5, 5.41) is 20.3. The minimum Gasteiger partial charge on any atom is -0.487 e. The number of hydrogen-bond donors (Lipinski definition) is 1. The van der Waals surface area contributed by atoms with Gasteiger partial charge < -0.3 is 19.5 Å². The van der Waals surface area contributed by atoms with Gasteiger partial charge in [0, 0.05) is 24.4 Å². The zero-order valence-corrected chi connectivity index (χ0v) is 11.3. The van der Waals surface area contributed by atoms with E-state index in [0.29, 0.717) is 26.4 Å². The topological polar surface area (TPSA) is 85.1 Å². The lowest BCUT2D eigenvalue weighted by atomic mass is 10.1. The second-order valence-corrected chi connectivity index (χ2v) is 4.45. The highest BCUT2D eigenvalue weighted by atomic mass is 16.6. The van der Waals surface area contributed by atoms with Gasteiger partial charge in [-0.25, -0.2) is 0 Å². The maximum Gasteiger partial charge on any atom is 0.311 e. The third-order valence-electron chi connectivity index (χ3n) is 3.21. The van der Waals surface area contributed by atoms with Gasteiger partial charge in [0.2, 0.25) is 0 Å². The summed E-state index contributed by atoms with van der Waals surface area (Å²) in [6.45, 7) is 3.75. The smallest absolute Gasteiger partial charge is 0.311 e. The second kappa shape index (κ2) is 6.53. The number of nitro groups is 1. The monoisotopic (exact) mass is 282 g/mol. The molecular formula is C13H18N2O5. The van der Waals surface area contributed by atoms with Gasteiger partial charge in [0.25, 0.3) is 0 Å². The molecule has 1 unspecified atom stereocenters. The zero-order chi connectivity index (χ0) is 14.5. The molecule has 0 amide bonds. The molecule has 1 N–H and O–H groups in total. The molecule has 0 aliphatic carbocycles. The molecule has 1 atom stereocenters. The Labute approximate surface area is 116 Å². The third-order valence-corrected chi connectivity index (χ3v) is 3.21. The highest BCUT2D eigenvalue weighted by Crippen LogP contribution is 2.32. The van der Waals surface area contributed by atoms with E-state index in [-0.39, 0.29) is 24.1 Å².